The Morgan fingerprint density at radius 2 is 1.45 bits per heavy atom. The monoisotopic (exact) mass is 322 g/mol. The number of rotatable bonds is 3. The van der Waals surface area contributed by atoms with Crippen LogP contribution in [0.5, 0.6) is 5.75 Å². The van der Waals surface area contributed by atoms with Crippen LogP contribution in [0.1, 0.15) is 0 Å². The molecule has 0 heterocycles. The lowest BCUT2D eigenvalue weighted by atomic mass is 10.3. The first kappa shape index (κ1) is 14.7. The molecule has 0 aliphatic rings. The predicted molar refractivity (Wildman–Crippen MR) is 65.6 cm³/mol. The molecule has 2 rings (SSSR count). The molecular weight excluding hydrogens is 317 g/mol. The summed E-state index contributed by atoms with van der Waals surface area (Å²) in [7, 11) is -4.62. The molecule has 20 heavy (non-hydrogen) atoms. The molecule has 0 amide bonds. The van der Waals surface area contributed by atoms with Gasteiger partial charge in [-0.2, -0.15) is 8.42 Å². The van der Waals surface area contributed by atoms with Crippen LogP contribution in [0.2, 0.25) is 5.02 Å². The number of hydrogen-bond acceptors (Lipinski definition) is 3. The van der Waals surface area contributed by atoms with E-state index in [2.05, 4.69) is 4.18 Å². The van der Waals surface area contributed by atoms with Gasteiger partial charge in [-0.1, -0.05) is 11.6 Å². The maximum Gasteiger partial charge on any atom is 0.342 e. The fraction of sp³-hybridized carbons (Fsp3) is 0. The van der Waals surface area contributed by atoms with Gasteiger partial charge in [-0.3, -0.25) is 0 Å². The van der Waals surface area contributed by atoms with Crippen molar-refractivity contribution in [3.05, 3.63) is 58.9 Å². The Balaban J connectivity index is 2.40. The smallest absolute Gasteiger partial charge is 0.342 e. The van der Waals surface area contributed by atoms with Crippen molar-refractivity contribution in [1.29, 1.82) is 0 Å². The third-order valence-electron chi connectivity index (χ3n) is 2.26. The maximum atomic E-state index is 13.4. The molecule has 0 aliphatic heterocycles. The highest BCUT2D eigenvalue weighted by Gasteiger charge is 2.24. The highest BCUT2D eigenvalue weighted by atomic mass is 35.5. The van der Waals surface area contributed by atoms with Crippen LogP contribution >= 0.6 is 11.6 Å². The maximum absolute atomic E-state index is 13.4. The van der Waals surface area contributed by atoms with Crippen molar-refractivity contribution < 1.29 is 25.8 Å². The fourth-order valence-corrected chi connectivity index (χ4v) is 2.48. The Labute approximate surface area is 117 Å². The Morgan fingerprint density at radius 1 is 0.900 bits per heavy atom. The topological polar surface area (TPSA) is 43.4 Å². The Hall–Kier alpha value is -1.73. The van der Waals surface area contributed by atoms with Gasteiger partial charge in [0.25, 0.3) is 0 Å². The lowest BCUT2D eigenvalue weighted by molar-refractivity contribution is 0.460. The SMILES string of the molecule is O=S(=O)(Oc1ccc(Cl)cc1)c1cc(F)c(F)cc1F. The summed E-state index contributed by atoms with van der Waals surface area (Å²) in [5.41, 5.74) is 0. The van der Waals surface area contributed by atoms with Gasteiger partial charge in [-0.05, 0) is 24.3 Å². The van der Waals surface area contributed by atoms with Crippen molar-refractivity contribution in [2.24, 2.45) is 0 Å². The van der Waals surface area contributed by atoms with Gasteiger partial charge in [0, 0.05) is 17.2 Å². The molecule has 2 aromatic rings. The Bertz CT molecular complexity index is 745. The van der Waals surface area contributed by atoms with Crippen LogP contribution in [0.3, 0.4) is 0 Å². The number of halogens is 4. The van der Waals surface area contributed by atoms with E-state index < -0.39 is 32.5 Å². The quantitative estimate of drug-likeness (QED) is 0.641. The average Bonchev–Trinajstić information content (AvgIpc) is 2.36. The summed E-state index contributed by atoms with van der Waals surface area (Å²) in [5, 5.41) is 0.341. The Kier molecular flexibility index (Phi) is 3.92. The molecule has 0 saturated carbocycles. The zero-order valence-corrected chi connectivity index (χ0v) is 11.2. The lowest BCUT2D eigenvalue weighted by Gasteiger charge is -2.08. The third-order valence-corrected chi connectivity index (χ3v) is 3.78. The van der Waals surface area contributed by atoms with Gasteiger partial charge in [0.2, 0.25) is 0 Å². The molecule has 106 valence electrons. The molecule has 2 aromatic carbocycles. The van der Waals surface area contributed by atoms with Crippen molar-refractivity contribution in [1.82, 2.24) is 0 Å². The Morgan fingerprint density at radius 3 is 2.05 bits per heavy atom. The summed E-state index contributed by atoms with van der Waals surface area (Å²) >= 11 is 5.61. The highest BCUT2D eigenvalue weighted by Crippen LogP contribution is 2.24. The van der Waals surface area contributed by atoms with Crippen molar-refractivity contribution in [2.75, 3.05) is 0 Å². The second kappa shape index (κ2) is 5.34. The van der Waals surface area contributed by atoms with Crippen LogP contribution in [-0.2, 0) is 10.1 Å². The first-order chi connectivity index (χ1) is 9.29. The van der Waals surface area contributed by atoms with E-state index in [9.17, 15) is 21.6 Å². The van der Waals surface area contributed by atoms with E-state index in [0.29, 0.717) is 5.02 Å². The summed E-state index contributed by atoms with van der Waals surface area (Å²) in [6.07, 6.45) is 0. The van der Waals surface area contributed by atoms with E-state index in [1.54, 1.807) is 0 Å². The second-order valence-corrected chi connectivity index (χ2v) is 5.64. The molecule has 3 nitrogen and oxygen atoms in total. The number of benzene rings is 2. The molecule has 0 fully saturated rings. The van der Waals surface area contributed by atoms with Gasteiger partial charge >= 0.3 is 10.1 Å². The van der Waals surface area contributed by atoms with Gasteiger partial charge in [-0.25, -0.2) is 13.2 Å². The van der Waals surface area contributed by atoms with Crippen LogP contribution < -0.4 is 4.18 Å². The average molecular weight is 323 g/mol. The summed E-state index contributed by atoms with van der Waals surface area (Å²) in [6, 6.07) is 5.53. The predicted octanol–water partition coefficient (Wildman–Crippen LogP) is 3.53. The van der Waals surface area contributed by atoms with Crippen molar-refractivity contribution >= 4 is 21.7 Å². The van der Waals surface area contributed by atoms with E-state index in [1.807, 2.05) is 0 Å². The van der Waals surface area contributed by atoms with E-state index in [0.717, 1.165) is 0 Å². The van der Waals surface area contributed by atoms with Crippen LogP contribution in [0, 0.1) is 17.5 Å². The second-order valence-electron chi connectivity index (χ2n) is 3.69. The van der Waals surface area contributed by atoms with E-state index >= 15 is 0 Å². The van der Waals surface area contributed by atoms with Gasteiger partial charge in [0.05, 0.1) is 0 Å². The van der Waals surface area contributed by atoms with Crippen molar-refractivity contribution in [3.63, 3.8) is 0 Å². The minimum absolute atomic E-state index is 0.132. The third kappa shape index (κ3) is 3.05. The molecular formula is C12H6ClF3O3S. The minimum atomic E-state index is -4.62. The van der Waals surface area contributed by atoms with Gasteiger partial charge in [0.1, 0.15) is 16.5 Å². The first-order valence-corrected chi connectivity index (χ1v) is 6.93. The van der Waals surface area contributed by atoms with E-state index in [-0.39, 0.29) is 17.9 Å². The first-order valence-electron chi connectivity index (χ1n) is 5.14. The molecule has 0 atom stereocenters. The molecule has 0 aromatic heterocycles. The van der Waals surface area contributed by atoms with Gasteiger partial charge < -0.3 is 4.18 Å². The zero-order valence-electron chi connectivity index (χ0n) is 9.61. The number of hydrogen-bond donors (Lipinski definition) is 0. The zero-order chi connectivity index (χ0) is 14.9. The van der Waals surface area contributed by atoms with Crippen LogP contribution in [-0.4, -0.2) is 8.42 Å². The van der Waals surface area contributed by atoms with Gasteiger partial charge in [-0.15, -0.1) is 0 Å². The molecule has 0 radical (unpaired) electrons. The van der Waals surface area contributed by atoms with Crippen LogP contribution in [0.15, 0.2) is 41.3 Å². The standard InChI is InChI=1S/C12H6ClF3O3S/c13-7-1-3-8(4-2-7)19-20(17,18)12-6-10(15)9(14)5-11(12)16/h1-6H. The molecule has 0 saturated heterocycles. The summed E-state index contributed by atoms with van der Waals surface area (Å²) in [6.45, 7) is 0. The summed E-state index contributed by atoms with van der Waals surface area (Å²) in [5.74, 6) is -4.57. The van der Waals surface area contributed by atoms with E-state index in [1.165, 1.54) is 24.3 Å². The normalized spacial score (nSPS) is 11.4. The van der Waals surface area contributed by atoms with Crippen LogP contribution in [0.4, 0.5) is 13.2 Å². The molecule has 0 bridgehead atoms. The molecule has 0 aliphatic carbocycles. The molecule has 8 heteroatoms. The molecule has 0 unspecified atom stereocenters. The van der Waals surface area contributed by atoms with Gasteiger partial charge in [0.15, 0.2) is 11.6 Å². The summed E-state index contributed by atoms with van der Waals surface area (Å²) in [4.78, 5) is -1.09. The fourth-order valence-electron chi connectivity index (χ4n) is 1.36. The summed E-state index contributed by atoms with van der Waals surface area (Å²) < 4.78 is 67.3. The largest absolute Gasteiger partial charge is 0.379 e. The van der Waals surface area contributed by atoms with Crippen molar-refractivity contribution in [2.45, 2.75) is 4.90 Å². The lowest BCUT2D eigenvalue weighted by Crippen LogP contribution is -2.12. The molecule has 0 N–H and O–H groups in total. The minimum Gasteiger partial charge on any atom is -0.379 e. The highest BCUT2D eigenvalue weighted by molar-refractivity contribution is 7.87. The van der Waals surface area contributed by atoms with Crippen molar-refractivity contribution in [3.8, 4) is 5.75 Å². The van der Waals surface area contributed by atoms with Crippen LogP contribution in [0.25, 0.3) is 0 Å². The van der Waals surface area contributed by atoms with E-state index in [4.69, 9.17) is 11.6 Å². The molecule has 0 spiro atoms.